The molecular formula is C20H20O2S. The van der Waals surface area contributed by atoms with Crippen molar-refractivity contribution in [3.8, 4) is 0 Å². The lowest BCUT2D eigenvalue weighted by Crippen LogP contribution is -2.22. The van der Waals surface area contributed by atoms with Crippen LogP contribution in [0.3, 0.4) is 0 Å². The van der Waals surface area contributed by atoms with Crippen LogP contribution in [0.4, 0.5) is 0 Å². The average molecular weight is 324 g/mol. The van der Waals surface area contributed by atoms with Gasteiger partial charge in [-0.3, -0.25) is 0 Å². The summed E-state index contributed by atoms with van der Waals surface area (Å²) in [6.45, 7) is 3.92. The Morgan fingerprint density at radius 2 is 1.65 bits per heavy atom. The Balaban J connectivity index is 2.06. The van der Waals surface area contributed by atoms with Crippen molar-refractivity contribution in [1.29, 1.82) is 0 Å². The molecule has 0 saturated heterocycles. The van der Waals surface area contributed by atoms with Crippen LogP contribution in [0.5, 0.6) is 0 Å². The predicted molar refractivity (Wildman–Crippen MR) is 95.5 cm³/mol. The Morgan fingerprint density at radius 1 is 1.00 bits per heavy atom. The summed E-state index contributed by atoms with van der Waals surface area (Å²) >= 11 is 1.71. The number of carbonyl (C=O) groups excluding carboxylic acids is 1. The first-order valence-corrected chi connectivity index (χ1v) is 8.89. The summed E-state index contributed by atoms with van der Waals surface area (Å²) in [5.74, 6) is -0.206. The van der Waals surface area contributed by atoms with Gasteiger partial charge >= 0.3 is 5.97 Å². The van der Waals surface area contributed by atoms with Gasteiger partial charge in [0, 0.05) is 22.5 Å². The number of esters is 1. The van der Waals surface area contributed by atoms with E-state index in [1.807, 2.05) is 44.2 Å². The van der Waals surface area contributed by atoms with Gasteiger partial charge in [-0.05, 0) is 43.4 Å². The van der Waals surface area contributed by atoms with Crippen LogP contribution in [-0.2, 0) is 16.0 Å². The maximum Gasteiger partial charge on any atom is 0.335 e. The third-order valence-corrected chi connectivity index (χ3v) is 4.84. The van der Waals surface area contributed by atoms with Crippen LogP contribution in [0.15, 0.2) is 65.1 Å². The monoisotopic (exact) mass is 324 g/mol. The zero-order valence-electron chi connectivity index (χ0n) is 13.6. The summed E-state index contributed by atoms with van der Waals surface area (Å²) in [6, 6.07) is 18.4. The minimum absolute atomic E-state index is 0.206. The van der Waals surface area contributed by atoms with E-state index in [0.717, 1.165) is 22.3 Å². The number of ether oxygens (including phenoxy) is 1. The Morgan fingerprint density at radius 3 is 2.26 bits per heavy atom. The Labute approximate surface area is 141 Å². The molecule has 23 heavy (non-hydrogen) atoms. The quantitative estimate of drug-likeness (QED) is 0.600. The zero-order valence-corrected chi connectivity index (χ0v) is 14.4. The molecule has 3 heteroatoms. The second-order valence-electron chi connectivity index (χ2n) is 6.14. The van der Waals surface area contributed by atoms with Gasteiger partial charge in [-0.2, -0.15) is 0 Å². The fourth-order valence-electron chi connectivity index (χ4n) is 3.05. The van der Waals surface area contributed by atoms with E-state index < -0.39 is 5.60 Å². The highest BCUT2D eigenvalue weighted by Gasteiger charge is 2.40. The molecule has 0 fully saturated rings. The number of cyclic esters (lactones) is 1. The van der Waals surface area contributed by atoms with Gasteiger partial charge in [-0.25, -0.2) is 4.79 Å². The fraction of sp³-hybridized carbons (Fsp3) is 0.250. The third kappa shape index (κ3) is 3.20. The molecule has 2 aromatic rings. The van der Waals surface area contributed by atoms with Crippen molar-refractivity contribution in [2.45, 2.75) is 30.8 Å². The highest BCUT2D eigenvalue weighted by Crippen LogP contribution is 2.41. The molecule has 0 spiro atoms. The van der Waals surface area contributed by atoms with E-state index in [4.69, 9.17) is 4.74 Å². The summed E-state index contributed by atoms with van der Waals surface area (Å²) in [4.78, 5) is 13.6. The lowest BCUT2D eigenvalue weighted by molar-refractivity contribution is -0.143. The number of hydrogen-bond acceptors (Lipinski definition) is 3. The van der Waals surface area contributed by atoms with Crippen molar-refractivity contribution >= 4 is 23.3 Å². The molecule has 2 nitrogen and oxygen atoms in total. The fourth-order valence-corrected chi connectivity index (χ4v) is 3.46. The number of hydrogen-bond donors (Lipinski definition) is 0. The summed E-state index contributed by atoms with van der Waals surface area (Å²) < 4.78 is 5.64. The molecule has 1 aliphatic rings. The molecular weight excluding hydrogens is 304 g/mol. The van der Waals surface area contributed by atoms with Crippen molar-refractivity contribution in [3.05, 3.63) is 71.3 Å². The number of thioether (sulfide) groups is 1. The van der Waals surface area contributed by atoms with Gasteiger partial charge < -0.3 is 4.74 Å². The molecule has 1 aliphatic heterocycles. The topological polar surface area (TPSA) is 26.3 Å². The smallest absolute Gasteiger partial charge is 0.335 e. The largest absolute Gasteiger partial charge is 0.451 e. The first kappa shape index (κ1) is 15.9. The molecule has 0 atom stereocenters. The van der Waals surface area contributed by atoms with Crippen molar-refractivity contribution in [2.24, 2.45) is 0 Å². The van der Waals surface area contributed by atoms with Crippen LogP contribution in [0.1, 0.15) is 25.0 Å². The van der Waals surface area contributed by atoms with Crippen molar-refractivity contribution < 1.29 is 9.53 Å². The van der Waals surface area contributed by atoms with E-state index in [9.17, 15) is 4.79 Å². The van der Waals surface area contributed by atoms with Gasteiger partial charge in [0.25, 0.3) is 0 Å². The van der Waals surface area contributed by atoms with Crippen LogP contribution in [0.2, 0.25) is 0 Å². The number of carbonyl (C=O) groups is 1. The first-order chi connectivity index (χ1) is 11.0. The van der Waals surface area contributed by atoms with Crippen molar-refractivity contribution in [1.82, 2.24) is 0 Å². The van der Waals surface area contributed by atoms with Crippen LogP contribution in [-0.4, -0.2) is 17.8 Å². The van der Waals surface area contributed by atoms with E-state index in [0.29, 0.717) is 6.42 Å². The van der Waals surface area contributed by atoms with Crippen molar-refractivity contribution in [2.75, 3.05) is 6.26 Å². The van der Waals surface area contributed by atoms with Crippen LogP contribution in [0.25, 0.3) is 5.57 Å². The normalized spacial score (nSPS) is 16.6. The zero-order chi connectivity index (χ0) is 16.4. The molecule has 2 aromatic carbocycles. The Hall–Kier alpha value is -2.00. The number of rotatable bonds is 4. The summed E-state index contributed by atoms with van der Waals surface area (Å²) in [7, 11) is 0. The second kappa shape index (κ2) is 6.25. The lowest BCUT2D eigenvalue weighted by Gasteiger charge is -2.22. The van der Waals surface area contributed by atoms with Gasteiger partial charge in [0.15, 0.2) is 0 Å². The molecule has 1 heterocycles. The standard InChI is InChI=1S/C20H20O2S/c1-20(2)18(15-9-11-16(23-3)12-10-15)17(19(21)22-20)13-14-7-5-4-6-8-14/h4-12H,13H2,1-3H3. The molecule has 0 radical (unpaired) electrons. The van der Waals surface area contributed by atoms with E-state index in [1.54, 1.807) is 11.8 Å². The molecule has 0 unspecified atom stereocenters. The van der Waals surface area contributed by atoms with Gasteiger partial charge in [0.1, 0.15) is 5.60 Å². The summed E-state index contributed by atoms with van der Waals surface area (Å²) in [6.07, 6.45) is 2.66. The van der Waals surface area contributed by atoms with Gasteiger partial charge in [0.2, 0.25) is 0 Å². The van der Waals surface area contributed by atoms with Crippen molar-refractivity contribution in [3.63, 3.8) is 0 Å². The molecule has 0 aliphatic carbocycles. The van der Waals surface area contributed by atoms with Crippen LogP contribution >= 0.6 is 11.8 Å². The molecule has 0 amide bonds. The van der Waals surface area contributed by atoms with E-state index in [-0.39, 0.29) is 5.97 Å². The Kier molecular flexibility index (Phi) is 4.31. The molecule has 0 N–H and O–H groups in total. The molecule has 0 saturated carbocycles. The molecule has 118 valence electrons. The van der Waals surface area contributed by atoms with Gasteiger partial charge in [0.05, 0.1) is 0 Å². The summed E-state index contributed by atoms with van der Waals surface area (Å²) in [5.41, 5.74) is 3.35. The van der Waals surface area contributed by atoms with Crippen LogP contribution < -0.4 is 0 Å². The minimum Gasteiger partial charge on any atom is -0.451 e. The predicted octanol–water partition coefficient (Wildman–Crippen LogP) is 4.74. The number of benzene rings is 2. The Bertz CT molecular complexity index is 743. The highest BCUT2D eigenvalue weighted by molar-refractivity contribution is 7.98. The van der Waals surface area contributed by atoms with Crippen LogP contribution in [0, 0.1) is 0 Å². The van der Waals surface area contributed by atoms with Gasteiger partial charge in [-0.15, -0.1) is 11.8 Å². The maximum absolute atomic E-state index is 12.4. The van der Waals surface area contributed by atoms with E-state index >= 15 is 0 Å². The molecule has 0 bridgehead atoms. The molecule has 3 rings (SSSR count). The third-order valence-electron chi connectivity index (χ3n) is 4.10. The minimum atomic E-state index is -0.595. The highest BCUT2D eigenvalue weighted by atomic mass is 32.2. The second-order valence-corrected chi connectivity index (χ2v) is 7.02. The van der Waals surface area contributed by atoms with Gasteiger partial charge in [-0.1, -0.05) is 42.5 Å². The average Bonchev–Trinajstić information content (AvgIpc) is 2.77. The first-order valence-electron chi connectivity index (χ1n) is 7.66. The summed E-state index contributed by atoms with van der Waals surface area (Å²) in [5, 5.41) is 0. The van der Waals surface area contributed by atoms with E-state index in [2.05, 4.69) is 30.5 Å². The maximum atomic E-state index is 12.4. The SMILES string of the molecule is CSc1ccc(C2=C(Cc3ccccc3)C(=O)OC2(C)C)cc1. The lowest BCUT2D eigenvalue weighted by atomic mass is 9.87. The molecule has 0 aromatic heterocycles. The van der Waals surface area contributed by atoms with E-state index in [1.165, 1.54) is 4.90 Å².